The Morgan fingerprint density at radius 1 is 0.818 bits per heavy atom. The lowest BCUT2D eigenvalue weighted by atomic mass is 10.2. The van der Waals surface area contributed by atoms with Gasteiger partial charge in [-0.1, -0.05) is 13.8 Å². The van der Waals surface area contributed by atoms with Crippen molar-refractivity contribution in [3.63, 3.8) is 0 Å². The zero-order valence-corrected chi connectivity index (χ0v) is 15.3. The summed E-state index contributed by atoms with van der Waals surface area (Å²) in [6.07, 6.45) is 6.67. The van der Waals surface area contributed by atoms with E-state index in [9.17, 15) is 0 Å². The molecule has 1 aliphatic carbocycles. The number of hydrogen-bond acceptors (Lipinski definition) is 4. The molecule has 132 valence electrons. The first kappa shape index (κ1) is 19.9. The number of nitrogens with one attached hydrogen (secondary N) is 3. The molecule has 0 radical (unpaired) electrons. The Balaban J connectivity index is 1.85. The Bertz CT molecular complexity index is 247. The molecule has 1 fully saturated rings. The summed E-state index contributed by atoms with van der Waals surface area (Å²) in [4.78, 5) is 2.53. The van der Waals surface area contributed by atoms with Gasteiger partial charge in [-0.05, 0) is 96.8 Å². The van der Waals surface area contributed by atoms with Crippen molar-refractivity contribution in [2.24, 2.45) is 11.8 Å². The van der Waals surface area contributed by atoms with Gasteiger partial charge < -0.3 is 20.9 Å². The lowest BCUT2D eigenvalue weighted by Crippen LogP contribution is -2.25. The molecule has 0 spiro atoms. The average molecular weight is 313 g/mol. The van der Waals surface area contributed by atoms with Crippen LogP contribution in [0, 0.1) is 11.8 Å². The Morgan fingerprint density at radius 2 is 1.41 bits per heavy atom. The Labute approximate surface area is 138 Å². The van der Waals surface area contributed by atoms with Crippen molar-refractivity contribution in [2.45, 2.75) is 46.0 Å². The van der Waals surface area contributed by atoms with Gasteiger partial charge in [0.05, 0.1) is 0 Å². The Morgan fingerprint density at radius 3 is 2.05 bits per heavy atom. The van der Waals surface area contributed by atoms with Crippen LogP contribution in [0.5, 0.6) is 0 Å². The standard InChI is InChI=1S/C18H40N4/c1-4-19-10-6-7-12-21-15-17-14-18(17)16-22(3)13-9-8-11-20-5-2/h17-21H,4-16H2,1-3H3. The molecule has 3 N–H and O–H groups in total. The van der Waals surface area contributed by atoms with Gasteiger partial charge in [0.25, 0.3) is 0 Å². The van der Waals surface area contributed by atoms with Crippen LogP contribution in [0.15, 0.2) is 0 Å². The van der Waals surface area contributed by atoms with Crippen LogP contribution in [0.2, 0.25) is 0 Å². The van der Waals surface area contributed by atoms with E-state index in [0.29, 0.717) is 0 Å². The maximum absolute atomic E-state index is 3.64. The molecule has 0 bridgehead atoms. The summed E-state index contributed by atoms with van der Waals surface area (Å²) in [7, 11) is 2.29. The van der Waals surface area contributed by atoms with Crippen molar-refractivity contribution >= 4 is 0 Å². The molecule has 1 saturated carbocycles. The van der Waals surface area contributed by atoms with Crippen molar-refractivity contribution in [3.8, 4) is 0 Å². The topological polar surface area (TPSA) is 39.3 Å². The number of unbranched alkanes of at least 4 members (excludes halogenated alkanes) is 2. The monoisotopic (exact) mass is 312 g/mol. The molecule has 22 heavy (non-hydrogen) atoms. The molecular weight excluding hydrogens is 272 g/mol. The molecular formula is C18H40N4. The van der Waals surface area contributed by atoms with Gasteiger partial charge >= 0.3 is 0 Å². The first-order chi connectivity index (χ1) is 10.8. The number of hydrogen-bond donors (Lipinski definition) is 3. The summed E-state index contributed by atoms with van der Waals surface area (Å²) in [5, 5.41) is 10.4. The maximum atomic E-state index is 3.64. The van der Waals surface area contributed by atoms with Gasteiger partial charge in [0.15, 0.2) is 0 Å². The van der Waals surface area contributed by atoms with Crippen LogP contribution in [0.3, 0.4) is 0 Å². The molecule has 1 aliphatic rings. The summed E-state index contributed by atoms with van der Waals surface area (Å²) < 4.78 is 0. The fraction of sp³-hybridized carbons (Fsp3) is 1.00. The fourth-order valence-corrected chi connectivity index (χ4v) is 3.05. The molecule has 0 aromatic carbocycles. The van der Waals surface area contributed by atoms with E-state index in [1.54, 1.807) is 0 Å². The second-order valence-corrected chi connectivity index (χ2v) is 6.84. The van der Waals surface area contributed by atoms with E-state index in [0.717, 1.165) is 24.9 Å². The maximum Gasteiger partial charge on any atom is 0.000985 e. The van der Waals surface area contributed by atoms with Crippen LogP contribution in [0.25, 0.3) is 0 Å². The highest BCUT2D eigenvalue weighted by molar-refractivity contribution is 4.89. The normalized spacial score (nSPS) is 20.7. The van der Waals surface area contributed by atoms with E-state index in [4.69, 9.17) is 0 Å². The summed E-state index contributed by atoms with van der Waals surface area (Å²) in [5.41, 5.74) is 0. The lowest BCUT2D eigenvalue weighted by molar-refractivity contribution is 0.305. The van der Waals surface area contributed by atoms with Gasteiger partial charge in [-0.2, -0.15) is 0 Å². The molecule has 0 saturated heterocycles. The van der Waals surface area contributed by atoms with Gasteiger partial charge in [-0.3, -0.25) is 0 Å². The molecule has 0 aromatic heterocycles. The zero-order valence-electron chi connectivity index (χ0n) is 15.3. The zero-order chi connectivity index (χ0) is 16.0. The van der Waals surface area contributed by atoms with Gasteiger partial charge in [0.2, 0.25) is 0 Å². The minimum absolute atomic E-state index is 0.943. The van der Waals surface area contributed by atoms with E-state index in [1.807, 2.05) is 0 Å². The first-order valence-corrected chi connectivity index (χ1v) is 9.58. The van der Waals surface area contributed by atoms with Crippen LogP contribution in [-0.4, -0.2) is 64.3 Å². The summed E-state index contributed by atoms with van der Waals surface area (Å²) in [5.74, 6) is 1.89. The highest BCUT2D eigenvalue weighted by atomic mass is 15.1. The van der Waals surface area contributed by atoms with Crippen LogP contribution in [0.4, 0.5) is 0 Å². The molecule has 0 heterocycles. The van der Waals surface area contributed by atoms with Gasteiger partial charge in [-0.15, -0.1) is 0 Å². The fourth-order valence-electron chi connectivity index (χ4n) is 3.05. The van der Waals surface area contributed by atoms with Crippen LogP contribution in [-0.2, 0) is 0 Å². The largest absolute Gasteiger partial charge is 0.317 e. The van der Waals surface area contributed by atoms with E-state index in [1.165, 1.54) is 71.4 Å². The molecule has 0 aliphatic heterocycles. The molecule has 2 atom stereocenters. The number of nitrogens with zero attached hydrogens (tertiary/aromatic N) is 1. The minimum atomic E-state index is 0.943. The van der Waals surface area contributed by atoms with E-state index in [2.05, 4.69) is 41.7 Å². The summed E-state index contributed by atoms with van der Waals surface area (Å²) in [6.45, 7) is 13.9. The van der Waals surface area contributed by atoms with Crippen molar-refractivity contribution in [1.82, 2.24) is 20.9 Å². The summed E-state index contributed by atoms with van der Waals surface area (Å²) in [6, 6.07) is 0. The predicted molar refractivity (Wildman–Crippen MR) is 97.5 cm³/mol. The average Bonchev–Trinajstić information content (AvgIpc) is 3.24. The molecule has 4 heteroatoms. The highest BCUT2D eigenvalue weighted by Crippen LogP contribution is 2.38. The lowest BCUT2D eigenvalue weighted by Gasteiger charge is -2.16. The van der Waals surface area contributed by atoms with Crippen LogP contribution >= 0.6 is 0 Å². The van der Waals surface area contributed by atoms with E-state index < -0.39 is 0 Å². The van der Waals surface area contributed by atoms with Gasteiger partial charge in [-0.25, -0.2) is 0 Å². The van der Waals surface area contributed by atoms with E-state index >= 15 is 0 Å². The SMILES string of the molecule is CCNCCCCNCC1CC1CN(C)CCCCNCC. The number of rotatable bonds is 16. The Kier molecular flexibility index (Phi) is 12.0. The first-order valence-electron chi connectivity index (χ1n) is 9.58. The van der Waals surface area contributed by atoms with E-state index in [-0.39, 0.29) is 0 Å². The molecule has 0 amide bonds. The smallest absolute Gasteiger partial charge is 0.000985 e. The van der Waals surface area contributed by atoms with Crippen LogP contribution in [0.1, 0.15) is 46.0 Å². The van der Waals surface area contributed by atoms with Crippen molar-refractivity contribution in [2.75, 3.05) is 59.4 Å². The minimum Gasteiger partial charge on any atom is -0.317 e. The van der Waals surface area contributed by atoms with Crippen LogP contribution < -0.4 is 16.0 Å². The molecule has 0 aromatic rings. The molecule has 2 unspecified atom stereocenters. The molecule has 4 nitrogen and oxygen atoms in total. The van der Waals surface area contributed by atoms with Gasteiger partial charge in [0, 0.05) is 6.54 Å². The quantitative estimate of drug-likeness (QED) is 0.381. The van der Waals surface area contributed by atoms with Gasteiger partial charge in [0.1, 0.15) is 0 Å². The predicted octanol–water partition coefficient (Wildman–Crippen LogP) is 1.92. The third-order valence-electron chi connectivity index (χ3n) is 4.62. The summed E-state index contributed by atoms with van der Waals surface area (Å²) >= 11 is 0. The van der Waals surface area contributed by atoms with Crippen molar-refractivity contribution in [3.05, 3.63) is 0 Å². The Hall–Kier alpha value is -0.160. The van der Waals surface area contributed by atoms with Crippen molar-refractivity contribution in [1.29, 1.82) is 0 Å². The highest BCUT2D eigenvalue weighted by Gasteiger charge is 2.36. The van der Waals surface area contributed by atoms with Crippen molar-refractivity contribution < 1.29 is 0 Å². The third-order valence-corrected chi connectivity index (χ3v) is 4.62. The third kappa shape index (κ3) is 10.5. The second kappa shape index (κ2) is 13.3. The second-order valence-electron chi connectivity index (χ2n) is 6.84. The molecule has 1 rings (SSSR count).